The number of aromatic nitrogens is 1. The zero-order chi connectivity index (χ0) is 17.3. The van der Waals surface area contributed by atoms with E-state index in [-0.39, 0.29) is 6.04 Å². The van der Waals surface area contributed by atoms with Gasteiger partial charge in [-0.1, -0.05) is 24.2 Å². The number of halogens is 3. The molecule has 1 fully saturated rings. The molecule has 1 saturated heterocycles. The van der Waals surface area contributed by atoms with E-state index >= 15 is 0 Å². The van der Waals surface area contributed by atoms with Crippen molar-refractivity contribution < 1.29 is 17.7 Å². The molecule has 0 saturated carbocycles. The van der Waals surface area contributed by atoms with Gasteiger partial charge in [0.2, 0.25) is 0 Å². The first-order chi connectivity index (χ1) is 11.4. The van der Waals surface area contributed by atoms with Crippen LogP contribution in [0.25, 0.3) is 0 Å². The smallest absolute Gasteiger partial charge is 0.361 e. The Hall–Kier alpha value is -1.82. The summed E-state index contributed by atoms with van der Waals surface area (Å²) in [6, 6.07) is 5.68. The highest BCUT2D eigenvalue weighted by Crippen LogP contribution is 2.37. The molecular formula is C18H21F3N2O. The third kappa shape index (κ3) is 3.34. The Bertz CT molecular complexity index is 691. The summed E-state index contributed by atoms with van der Waals surface area (Å²) in [6.45, 7) is 5.56. The predicted octanol–water partition coefficient (Wildman–Crippen LogP) is 4.90. The minimum Gasteiger partial charge on any atom is -0.361 e. The van der Waals surface area contributed by atoms with Crippen molar-refractivity contribution >= 4 is 0 Å². The molecule has 1 atom stereocenters. The van der Waals surface area contributed by atoms with E-state index in [1.807, 2.05) is 13.8 Å². The van der Waals surface area contributed by atoms with E-state index in [2.05, 4.69) is 10.1 Å². The number of alkyl halides is 3. The quantitative estimate of drug-likeness (QED) is 0.794. The van der Waals surface area contributed by atoms with Crippen molar-refractivity contribution in [3.05, 3.63) is 52.4 Å². The SMILES string of the molecule is CCc1onc(C)c1[C@H]1CCCN1Cc1ccc(C(F)(F)F)cc1. The van der Waals surface area contributed by atoms with Gasteiger partial charge in [0.1, 0.15) is 5.76 Å². The molecule has 0 aliphatic carbocycles. The number of hydrogen-bond donors (Lipinski definition) is 0. The molecule has 1 aliphatic rings. The van der Waals surface area contributed by atoms with Gasteiger partial charge in [0.05, 0.1) is 11.3 Å². The Morgan fingerprint density at radius 1 is 1.25 bits per heavy atom. The summed E-state index contributed by atoms with van der Waals surface area (Å²) in [6.07, 6.45) is -1.40. The molecular weight excluding hydrogens is 317 g/mol. The van der Waals surface area contributed by atoms with Crippen LogP contribution in [-0.2, 0) is 19.1 Å². The molecule has 3 nitrogen and oxygen atoms in total. The van der Waals surface area contributed by atoms with Crippen LogP contribution in [0.15, 0.2) is 28.8 Å². The van der Waals surface area contributed by atoms with Crippen LogP contribution >= 0.6 is 0 Å². The topological polar surface area (TPSA) is 29.3 Å². The molecule has 1 aromatic carbocycles. The van der Waals surface area contributed by atoms with Crippen LogP contribution in [0.4, 0.5) is 13.2 Å². The van der Waals surface area contributed by atoms with Crippen molar-refractivity contribution in [3.63, 3.8) is 0 Å². The van der Waals surface area contributed by atoms with Gasteiger partial charge in [-0.2, -0.15) is 13.2 Å². The highest BCUT2D eigenvalue weighted by molar-refractivity contribution is 5.28. The molecule has 0 unspecified atom stereocenters. The number of benzene rings is 1. The van der Waals surface area contributed by atoms with Crippen LogP contribution in [-0.4, -0.2) is 16.6 Å². The van der Waals surface area contributed by atoms with E-state index in [0.717, 1.165) is 60.5 Å². The van der Waals surface area contributed by atoms with Crippen molar-refractivity contribution in [2.75, 3.05) is 6.54 Å². The summed E-state index contributed by atoms with van der Waals surface area (Å²) in [7, 11) is 0. The van der Waals surface area contributed by atoms with Crippen molar-refractivity contribution in [1.82, 2.24) is 10.1 Å². The zero-order valence-electron chi connectivity index (χ0n) is 13.9. The first-order valence-electron chi connectivity index (χ1n) is 8.25. The molecule has 1 aliphatic heterocycles. The molecule has 2 heterocycles. The summed E-state index contributed by atoms with van der Waals surface area (Å²) in [5, 5.41) is 4.09. The van der Waals surface area contributed by atoms with Crippen molar-refractivity contribution in [2.24, 2.45) is 0 Å². The summed E-state index contributed by atoms with van der Waals surface area (Å²) < 4.78 is 43.4. The van der Waals surface area contributed by atoms with E-state index in [4.69, 9.17) is 4.52 Å². The van der Waals surface area contributed by atoms with Gasteiger partial charge < -0.3 is 4.52 Å². The fourth-order valence-electron chi connectivity index (χ4n) is 3.48. The maximum atomic E-state index is 12.7. The summed E-state index contributed by atoms with van der Waals surface area (Å²) in [5.41, 5.74) is 2.35. The Balaban J connectivity index is 1.78. The molecule has 3 rings (SSSR count). The lowest BCUT2D eigenvalue weighted by atomic mass is 10.0. The van der Waals surface area contributed by atoms with Crippen molar-refractivity contribution in [2.45, 2.75) is 51.9 Å². The molecule has 0 N–H and O–H groups in total. The number of rotatable bonds is 4. The number of hydrogen-bond acceptors (Lipinski definition) is 3. The van der Waals surface area contributed by atoms with Crippen LogP contribution in [0, 0.1) is 6.92 Å². The largest absolute Gasteiger partial charge is 0.416 e. The normalized spacial score (nSPS) is 19.1. The van der Waals surface area contributed by atoms with Gasteiger partial charge in [0.25, 0.3) is 0 Å². The Morgan fingerprint density at radius 3 is 2.58 bits per heavy atom. The lowest BCUT2D eigenvalue weighted by molar-refractivity contribution is -0.137. The first-order valence-corrected chi connectivity index (χ1v) is 8.25. The number of likely N-dealkylation sites (tertiary alicyclic amines) is 1. The van der Waals surface area contributed by atoms with E-state index in [9.17, 15) is 13.2 Å². The molecule has 0 bridgehead atoms. The fourth-order valence-corrected chi connectivity index (χ4v) is 3.48. The van der Waals surface area contributed by atoms with Gasteiger partial charge in [-0.3, -0.25) is 4.90 Å². The second kappa shape index (κ2) is 6.59. The average Bonchev–Trinajstić information content (AvgIpc) is 3.12. The lowest BCUT2D eigenvalue weighted by Crippen LogP contribution is -2.23. The molecule has 0 amide bonds. The molecule has 130 valence electrons. The highest BCUT2D eigenvalue weighted by atomic mass is 19.4. The highest BCUT2D eigenvalue weighted by Gasteiger charge is 2.32. The number of aryl methyl sites for hydroxylation is 2. The third-order valence-electron chi connectivity index (χ3n) is 4.67. The standard InChI is InChI=1S/C18H21F3N2O/c1-3-16-17(12(2)22-24-16)15-5-4-10-23(15)11-13-6-8-14(9-7-13)18(19,20)21/h6-9,15H,3-5,10-11H2,1-2H3/t15-/m1/s1. The van der Waals surface area contributed by atoms with Gasteiger partial charge >= 0.3 is 6.18 Å². The van der Waals surface area contributed by atoms with Crippen LogP contribution in [0.2, 0.25) is 0 Å². The minimum atomic E-state index is -4.29. The zero-order valence-corrected chi connectivity index (χ0v) is 13.9. The molecule has 24 heavy (non-hydrogen) atoms. The first kappa shape index (κ1) is 17.0. The Kier molecular flexibility index (Phi) is 4.67. The predicted molar refractivity (Wildman–Crippen MR) is 84.4 cm³/mol. The molecule has 1 aromatic heterocycles. The molecule has 2 aromatic rings. The Morgan fingerprint density at radius 2 is 1.96 bits per heavy atom. The maximum Gasteiger partial charge on any atom is 0.416 e. The summed E-state index contributed by atoms with van der Waals surface area (Å²) in [4.78, 5) is 2.31. The van der Waals surface area contributed by atoms with Gasteiger partial charge in [-0.25, -0.2) is 0 Å². The van der Waals surface area contributed by atoms with Crippen LogP contribution < -0.4 is 0 Å². The minimum absolute atomic E-state index is 0.230. The van der Waals surface area contributed by atoms with Crippen LogP contribution in [0.1, 0.15) is 54.0 Å². The summed E-state index contributed by atoms with van der Waals surface area (Å²) >= 11 is 0. The fraction of sp³-hybridized carbons (Fsp3) is 0.500. The van der Waals surface area contributed by atoms with Gasteiger partial charge in [-0.05, 0) is 44.0 Å². The second-order valence-electron chi connectivity index (χ2n) is 6.28. The van der Waals surface area contributed by atoms with Gasteiger partial charge in [0, 0.05) is 24.6 Å². The van der Waals surface area contributed by atoms with E-state index in [0.29, 0.717) is 6.54 Å². The second-order valence-corrected chi connectivity index (χ2v) is 6.28. The van der Waals surface area contributed by atoms with E-state index in [1.165, 1.54) is 0 Å². The van der Waals surface area contributed by atoms with Gasteiger partial charge in [-0.15, -0.1) is 0 Å². The van der Waals surface area contributed by atoms with E-state index in [1.54, 1.807) is 12.1 Å². The van der Waals surface area contributed by atoms with Crippen molar-refractivity contribution in [1.29, 1.82) is 0 Å². The molecule has 6 heteroatoms. The summed E-state index contributed by atoms with van der Waals surface area (Å²) in [5.74, 6) is 0.914. The molecule has 0 radical (unpaired) electrons. The third-order valence-corrected chi connectivity index (χ3v) is 4.67. The maximum absolute atomic E-state index is 12.7. The monoisotopic (exact) mass is 338 g/mol. The number of nitrogens with zero attached hydrogens (tertiary/aromatic N) is 2. The average molecular weight is 338 g/mol. The van der Waals surface area contributed by atoms with E-state index < -0.39 is 11.7 Å². The van der Waals surface area contributed by atoms with Gasteiger partial charge in [0.15, 0.2) is 0 Å². The Labute approximate surface area is 139 Å². The van der Waals surface area contributed by atoms with Crippen LogP contribution in [0.3, 0.4) is 0 Å². The lowest BCUT2D eigenvalue weighted by Gasteiger charge is -2.25. The van der Waals surface area contributed by atoms with Crippen LogP contribution in [0.5, 0.6) is 0 Å². The van der Waals surface area contributed by atoms with Crippen molar-refractivity contribution in [3.8, 4) is 0 Å². The molecule has 0 spiro atoms.